The lowest BCUT2D eigenvalue weighted by Gasteiger charge is -2.15. The first kappa shape index (κ1) is 19.0. The van der Waals surface area contributed by atoms with Crippen molar-refractivity contribution in [1.82, 2.24) is 15.1 Å². The van der Waals surface area contributed by atoms with E-state index in [2.05, 4.69) is 15.1 Å². The summed E-state index contributed by atoms with van der Waals surface area (Å²) < 4.78 is 11.1. The molecule has 0 amide bonds. The Morgan fingerprint density at radius 3 is 2.19 bits per heavy atom. The monoisotopic (exact) mass is 369 g/mol. The molecule has 0 aliphatic heterocycles. The molecule has 2 N–H and O–H groups in total. The van der Waals surface area contributed by atoms with Gasteiger partial charge in [0.2, 0.25) is 5.82 Å². The topological polar surface area (TPSA) is 102 Å². The van der Waals surface area contributed by atoms with Crippen LogP contribution in [0.5, 0.6) is 5.75 Å². The van der Waals surface area contributed by atoms with Gasteiger partial charge in [-0.25, -0.2) is 0 Å². The number of rotatable bonds is 6. The number of aliphatic hydroxyl groups is 2. The number of aromatic nitrogens is 3. The summed E-state index contributed by atoms with van der Waals surface area (Å²) in [7, 11) is 0. The third-order valence-corrected chi connectivity index (χ3v) is 4.10. The standard InChI is InChI=1S/C20H23N3O4/c1-11-5-15(6-12(2)18(11)26-10-17(25)9-24)19-22-20(27-23-19)16-7-13(3)21-14(4)8-16/h5-8,17,24-25H,9-10H2,1-4H3/t17-/m0/s1. The SMILES string of the molecule is Cc1cc(-c2nc(-c3cc(C)c(OC[C@@H](O)CO)c(C)c3)no2)cc(C)n1. The lowest BCUT2D eigenvalue weighted by atomic mass is 10.1. The number of hydrogen-bond acceptors (Lipinski definition) is 7. The maximum atomic E-state index is 9.47. The van der Waals surface area contributed by atoms with E-state index in [0.717, 1.165) is 33.6 Å². The van der Waals surface area contributed by atoms with Crippen molar-refractivity contribution in [3.05, 3.63) is 46.8 Å². The molecular formula is C20H23N3O4. The number of benzene rings is 1. The highest BCUT2D eigenvalue weighted by atomic mass is 16.5. The van der Waals surface area contributed by atoms with Crippen LogP contribution in [0.25, 0.3) is 22.8 Å². The molecule has 0 aliphatic carbocycles. The van der Waals surface area contributed by atoms with Crippen molar-refractivity contribution in [2.24, 2.45) is 0 Å². The van der Waals surface area contributed by atoms with Crippen LogP contribution in [0.15, 0.2) is 28.8 Å². The van der Waals surface area contributed by atoms with E-state index in [9.17, 15) is 5.11 Å². The van der Waals surface area contributed by atoms with Crippen molar-refractivity contribution in [1.29, 1.82) is 0 Å². The summed E-state index contributed by atoms with van der Waals surface area (Å²) in [5, 5.41) is 22.5. The average molecular weight is 369 g/mol. The lowest BCUT2D eigenvalue weighted by Crippen LogP contribution is -2.21. The summed E-state index contributed by atoms with van der Waals surface area (Å²) in [5.41, 5.74) is 5.21. The maximum Gasteiger partial charge on any atom is 0.258 e. The Hall–Kier alpha value is -2.77. The Morgan fingerprint density at radius 1 is 0.963 bits per heavy atom. The second-order valence-corrected chi connectivity index (χ2v) is 6.65. The zero-order valence-corrected chi connectivity index (χ0v) is 15.9. The van der Waals surface area contributed by atoms with Gasteiger partial charge in [-0.2, -0.15) is 4.98 Å². The van der Waals surface area contributed by atoms with Crippen molar-refractivity contribution in [3.8, 4) is 28.6 Å². The van der Waals surface area contributed by atoms with Gasteiger partial charge in [0.15, 0.2) is 0 Å². The van der Waals surface area contributed by atoms with Crippen molar-refractivity contribution >= 4 is 0 Å². The van der Waals surface area contributed by atoms with Gasteiger partial charge in [-0.3, -0.25) is 4.98 Å². The number of nitrogens with zero attached hydrogens (tertiary/aromatic N) is 3. The van der Waals surface area contributed by atoms with Crippen LogP contribution in [0.1, 0.15) is 22.5 Å². The van der Waals surface area contributed by atoms with Crippen LogP contribution in [0.3, 0.4) is 0 Å². The van der Waals surface area contributed by atoms with E-state index < -0.39 is 6.10 Å². The molecule has 3 aromatic rings. The van der Waals surface area contributed by atoms with Crippen LogP contribution in [-0.4, -0.2) is 44.7 Å². The van der Waals surface area contributed by atoms with Crippen LogP contribution in [-0.2, 0) is 0 Å². The number of aryl methyl sites for hydroxylation is 4. The fourth-order valence-corrected chi connectivity index (χ4v) is 2.96. The van der Waals surface area contributed by atoms with E-state index in [1.165, 1.54) is 0 Å². The minimum Gasteiger partial charge on any atom is -0.490 e. The van der Waals surface area contributed by atoms with E-state index in [-0.39, 0.29) is 13.2 Å². The highest BCUT2D eigenvalue weighted by molar-refractivity contribution is 5.63. The third kappa shape index (κ3) is 4.32. The van der Waals surface area contributed by atoms with Crippen LogP contribution in [0, 0.1) is 27.7 Å². The normalized spacial score (nSPS) is 12.2. The minimum absolute atomic E-state index is 0.0324. The van der Waals surface area contributed by atoms with Crippen molar-refractivity contribution in [2.75, 3.05) is 13.2 Å². The maximum absolute atomic E-state index is 9.47. The van der Waals surface area contributed by atoms with Gasteiger partial charge < -0.3 is 19.5 Å². The zero-order valence-electron chi connectivity index (χ0n) is 15.9. The van der Waals surface area contributed by atoms with Crippen molar-refractivity contribution < 1.29 is 19.5 Å². The molecule has 27 heavy (non-hydrogen) atoms. The molecule has 0 unspecified atom stereocenters. The molecule has 0 spiro atoms. The molecule has 0 saturated heterocycles. The lowest BCUT2D eigenvalue weighted by molar-refractivity contribution is 0.0532. The highest BCUT2D eigenvalue weighted by Gasteiger charge is 2.15. The fraction of sp³-hybridized carbons (Fsp3) is 0.350. The number of aliphatic hydroxyl groups excluding tert-OH is 2. The van der Waals surface area contributed by atoms with Crippen LogP contribution < -0.4 is 4.74 Å². The Kier molecular flexibility index (Phi) is 5.53. The van der Waals surface area contributed by atoms with Gasteiger partial charge in [-0.05, 0) is 63.1 Å². The Morgan fingerprint density at radius 2 is 1.59 bits per heavy atom. The molecule has 0 fully saturated rings. The number of pyridine rings is 1. The first-order valence-corrected chi connectivity index (χ1v) is 8.70. The van der Waals surface area contributed by atoms with Gasteiger partial charge in [-0.1, -0.05) is 5.16 Å². The fourth-order valence-electron chi connectivity index (χ4n) is 2.96. The molecule has 0 saturated carbocycles. The smallest absolute Gasteiger partial charge is 0.258 e. The zero-order chi connectivity index (χ0) is 19.6. The molecule has 1 aromatic carbocycles. The van der Waals surface area contributed by atoms with E-state index in [4.69, 9.17) is 14.4 Å². The highest BCUT2D eigenvalue weighted by Crippen LogP contribution is 2.30. The van der Waals surface area contributed by atoms with Crippen molar-refractivity contribution in [2.45, 2.75) is 33.8 Å². The Balaban J connectivity index is 1.88. The quantitative estimate of drug-likeness (QED) is 0.689. The van der Waals surface area contributed by atoms with Crippen LogP contribution in [0.4, 0.5) is 0 Å². The Labute approximate surface area is 157 Å². The molecule has 0 radical (unpaired) electrons. The molecule has 7 heteroatoms. The van der Waals surface area contributed by atoms with Crippen molar-refractivity contribution in [3.63, 3.8) is 0 Å². The summed E-state index contributed by atoms with van der Waals surface area (Å²) in [6.45, 7) is 7.36. The van der Waals surface area contributed by atoms with Gasteiger partial charge >= 0.3 is 0 Å². The molecule has 142 valence electrons. The van der Waals surface area contributed by atoms with E-state index in [1.54, 1.807) is 0 Å². The van der Waals surface area contributed by atoms with E-state index in [1.807, 2.05) is 52.0 Å². The molecule has 3 rings (SSSR count). The van der Waals surface area contributed by atoms with Gasteiger partial charge in [0, 0.05) is 22.5 Å². The first-order valence-electron chi connectivity index (χ1n) is 8.70. The van der Waals surface area contributed by atoms with Crippen LogP contribution >= 0.6 is 0 Å². The van der Waals surface area contributed by atoms with Gasteiger partial charge in [0.05, 0.1) is 6.61 Å². The summed E-state index contributed by atoms with van der Waals surface area (Å²) in [6, 6.07) is 7.63. The Bertz CT molecular complexity index is 909. The van der Waals surface area contributed by atoms with Gasteiger partial charge in [-0.15, -0.1) is 0 Å². The molecule has 1 atom stereocenters. The van der Waals surface area contributed by atoms with Gasteiger partial charge in [0.25, 0.3) is 5.89 Å². The van der Waals surface area contributed by atoms with Gasteiger partial charge in [0.1, 0.15) is 18.5 Å². The van der Waals surface area contributed by atoms with E-state index in [0.29, 0.717) is 17.5 Å². The molecule has 0 bridgehead atoms. The second-order valence-electron chi connectivity index (χ2n) is 6.65. The molecule has 7 nitrogen and oxygen atoms in total. The predicted molar refractivity (Wildman–Crippen MR) is 101 cm³/mol. The summed E-state index contributed by atoms with van der Waals surface area (Å²) >= 11 is 0. The molecule has 0 aliphatic rings. The summed E-state index contributed by atoms with van der Waals surface area (Å²) in [5.74, 6) is 1.61. The second kappa shape index (κ2) is 7.85. The minimum atomic E-state index is -0.907. The number of hydrogen-bond donors (Lipinski definition) is 2. The predicted octanol–water partition coefficient (Wildman–Crippen LogP) is 2.76. The molecule has 2 aromatic heterocycles. The first-order chi connectivity index (χ1) is 12.9. The average Bonchev–Trinajstić information content (AvgIpc) is 3.10. The summed E-state index contributed by atoms with van der Waals surface area (Å²) in [4.78, 5) is 8.87. The molecular weight excluding hydrogens is 346 g/mol. The largest absolute Gasteiger partial charge is 0.490 e. The molecule has 2 heterocycles. The van der Waals surface area contributed by atoms with E-state index >= 15 is 0 Å². The summed E-state index contributed by atoms with van der Waals surface area (Å²) in [6.07, 6.45) is -0.907. The third-order valence-electron chi connectivity index (χ3n) is 4.10. The number of ether oxygens (including phenoxy) is 1. The van der Waals surface area contributed by atoms with Crippen LogP contribution in [0.2, 0.25) is 0 Å².